The standard InChI is InChI=1S/C10H10N2O3/c1-13-7-4-2-3-5-8(7)15-10-12-9(11)6-14-10/h2-6H,11H2,1H3. The molecule has 0 atom stereocenters. The van der Waals surface area contributed by atoms with Crippen molar-refractivity contribution < 1.29 is 13.9 Å². The molecular weight excluding hydrogens is 196 g/mol. The van der Waals surface area contributed by atoms with Crippen LogP contribution in [-0.2, 0) is 0 Å². The van der Waals surface area contributed by atoms with Crippen molar-refractivity contribution in [3.8, 4) is 17.6 Å². The summed E-state index contributed by atoms with van der Waals surface area (Å²) < 4.78 is 15.4. The molecule has 0 aliphatic rings. The first-order chi connectivity index (χ1) is 7.29. The summed E-state index contributed by atoms with van der Waals surface area (Å²) in [6, 6.07) is 7.20. The molecule has 0 unspecified atom stereocenters. The number of ether oxygens (including phenoxy) is 2. The van der Waals surface area contributed by atoms with Gasteiger partial charge in [-0.1, -0.05) is 12.1 Å². The van der Waals surface area contributed by atoms with Crippen LogP contribution in [0.1, 0.15) is 0 Å². The van der Waals surface area contributed by atoms with Gasteiger partial charge in [-0.2, -0.15) is 4.98 Å². The molecule has 2 rings (SSSR count). The third kappa shape index (κ3) is 2.01. The minimum absolute atomic E-state index is 0.0944. The van der Waals surface area contributed by atoms with E-state index in [0.717, 1.165) is 0 Å². The first-order valence-corrected chi connectivity index (χ1v) is 4.31. The van der Waals surface area contributed by atoms with E-state index >= 15 is 0 Å². The Bertz CT molecular complexity index is 453. The zero-order valence-corrected chi connectivity index (χ0v) is 8.14. The number of aromatic nitrogens is 1. The smallest absolute Gasteiger partial charge is 0.401 e. The monoisotopic (exact) mass is 206 g/mol. The molecule has 1 aromatic heterocycles. The van der Waals surface area contributed by atoms with Gasteiger partial charge in [0.2, 0.25) is 0 Å². The van der Waals surface area contributed by atoms with E-state index in [0.29, 0.717) is 11.5 Å². The highest BCUT2D eigenvalue weighted by molar-refractivity contribution is 5.41. The van der Waals surface area contributed by atoms with E-state index in [2.05, 4.69) is 4.98 Å². The fourth-order valence-corrected chi connectivity index (χ4v) is 1.11. The highest BCUT2D eigenvalue weighted by Crippen LogP contribution is 2.30. The van der Waals surface area contributed by atoms with Gasteiger partial charge in [0.05, 0.1) is 7.11 Å². The molecule has 2 N–H and O–H groups in total. The minimum Gasteiger partial charge on any atom is -0.493 e. The van der Waals surface area contributed by atoms with Gasteiger partial charge >= 0.3 is 6.08 Å². The lowest BCUT2D eigenvalue weighted by atomic mass is 10.3. The van der Waals surface area contributed by atoms with Crippen LogP contribution in [0.4, 0.5) is 5.82 Å². The fraction of sp³-hybridized carbons (Fsp3) is 0.100. The molecule has 2 aromatic rings. The summed E-state index contributed by atoms with van der Waals surface area (Å²) >= 11 is 0. The number of nitrogen functional groups attached to an aromatic ring is 1. The molecule has 0 amide bonds. The minimum atomic E-state index is 0.0944. The van der Waals surface area contributed by atoms with Gasteiger partial charge in [0.1, 0.15) is 6.26 Å². The summed E-state index contributed by atoms with van der Waals surface area (Å²) in [5.41, 5.74) is 5.39. The van der Waals surface area contributed by atoms with Crippen molar-refractivity contribution in [1.29, 1.82) is 0 Å². The number of benzene rings is 1. The van der Waals surface area contributed by atoms with Gasteiger partial charge in [-0.05, 0) is 12.1 Å². The third-order valence-electron chi connectivity index (χ3n) is 1.77. The van der Waals surface area contributed by atoms with Crippen LogP contribution in [0.5, 0.6) is 17.6 Å². The highest BCUT2D eigenvalue weighted by atomic mass is 16.6. The van der Waals surface area contributed by atoms with Gasteiger partial charge in [-0.25, -0.2) is 0 Å². The number of nitrogens with two attached hydrogens (primary N) is 1. The molecule has 1 heterocycles. The lowest BCUT2D eigenvalue weighted by molar-refractivity contribution is 0.310. The lowest BCUT2D eigenvalue weighted by Crippen LogP contribution is -1.90. The van der Waals surface area contributed by atoms with Crippen molar-refractivity contribution in [2.45, 2.75) is 0 Å². The molecule has 0 radical (unpaired) electrons. The van der Waals surface area contributed by atoms with Gasteiger partial charge in [-0.15, -0.1) is 0 Å². The highest BCUT2D eigenvalue weighted by Gasteiger charge is 2.08. The summed E-state index contributed by atoms with van der Waals surface area (Å²) in [7, 11) is 1.56. The van der Waals surface area contributed by atoms with Crippen LogP contribution in [0.3, 0.4) is 0 Å². The third-order valence-corrected chi connectivity index (χ3v) is 1.77. The van der Waals surface area contributed by atoms with Crippen molar-refractivity contribution in [2.75, 3.05) is 12.8 Å². The first kappa shape index (κ1) is 9.39. The summed E-state index contributed by atoms with van der Waals surface area (Å²) in [4.78, 5) is 3.81. The average Bonchev–Trinajstić information content (AvgIpc) is 2.65. The van der Waals surface area contributed by atoms with Crippen LogP contribution in [0.15, 0.2) is 34.9 Å². The number of anilines is 1. The Kier molecular flexibility index (Phi) is 2.45. The summed E-state index contributed by atoms with van der Waals surface area (Å²) in [6.07, 6.45) is 1.40. The second-order valence-electron chi connectivity index (χ2n) is 2.79. The van der Waals surface area contributed by atoms with Gasteiger partial charge in [0.25, 0.3) is 0 Å². The van der Waals surface area contributed by atoms with E-state index in [9.17, 15) is 0 Å². The van der Waals surface area contributed by atoms with E-state index in [-0.39, 0.29) is 11.9 Å². The van der Waals surface area contributed by atoms with E-state index in [4.69, 9.17) is 19.6 Å². The SMILES string of the molecule is COc1ccccc1Oc1nc(N)co1. The van der Waals surface area contributed by atoms with Crippen LogP contribution in [-0.4, -0.2) is 12.1 Å². The molecule has 5 nitrogen and oxygen atoms in total. The second kappa shape index (κ2) is 3.91. The van der Waals surface area contributed by atoms with Crippen LogP contribution in [0.25, 0.3) is 0 Å². The molecule has 1 aromatic carbocycles. The number of para-hydroxylation sites is 2. The normalized spacial score (nSPS) is 9.93. The number of nitrogens with zero attached hydrogens (tertiary/aromatic N) is 1. The Balaban J connectivity index is 2.23. The molecule has 0 spiro atoms. The van der Waals surface area contributed by atoms with E-state index in [1.807, 2.05) is 12.1 Å². The molecule has 15 heavy (non-hydrogen) atoms. The molecule has 78 valence electrons. The molecule has 0 saturated heterocycles. The molecule has 0 fully saturated rings. The Morgan fingerprint density at radius 1 is 1.27 bits per heavy atom. The number of hydrogen-bond donors (Lipinski definition) is 1. The van der Waals surface area contributed by atoms with Crippen LogP contribution >= 0.6 is 0 Å². The average molecular weight is 206 g/mol. The van der Waals surface area contributed by atoms with E-state index in [1.165, 1.54) is 6.26 Å². The number of rotatable bonds is 3. The van der Waals surface area contributed by atoms with Gasteiger partial charge in [0.15, 0.2) is 17.3 Å². The fourth-order valence-electron chi connectivity index (χ4n) is 1.11. The lowest BCUT2D eigenvalue weighted by Gasteiger charge is -2.05. The number of oxazole rings is 1. The summed E-state index contributed by atoms with van der Waals surface area (Å²) in [6.45, 7) is 0. The molecule has 0 aliphatic carbocycles. The van der Waals surface area contributed by atoms with Gasteiger partial charge in [-0.3, -0.25) is 0 Å². The summed E-state index contributed by atoms with van der Waals surface area (Å²) in [5, 5.41) is 0. The Hall–Kier alpha value is -2.17. The van der Waals surface area contributed by atoms with Crippen LogP contribution in [0.2, 0.25) is 0 Å². The Labute approximate surface area is 86.4 Å². The quantitative estimate of drug-likeness (QED) is 0.832. The van der Waals surface area contributed by atoms with Crippen LogP contribution < -0.4 is 15.2 Å². The Morgan fingerprint density at radius 3 is 2.60 bits per heavy atom. The molecular formula is C10H10N2O3. The maximum Gasteiger partial charge on any atom is 0.401 e. The molecule has 0 saturated carbocycles. The predicted octanol–water partition coefficient (Wildman–Crippen LogP) is 2.06. The first-order valence-electron chi connectivity index (χ1n) is 4.31. The molecule has 5 heteroatoms. The Morgan fingerprint density at radius 2 is 2.00 bits per heavy atom. The van der Waals surface area contributed by atoms with Crippen molar-refractivity contribution >= 4 is 5.82 Å². The van der Waals surface area contributed by atoms with Crippen LogP contribution in [0, 0.1) is 0 Å². The van der Waals surface area contributed by atoms with E-state index in [1.54, 1.807) is 19.2 Å². The van der Waals surface area contributed by atoms with Crippen molar-refractivity contribution in [3.05, 3.63) is 30.5 Å². The predicted molar refractivity (Wildman–Crippen MR) is 54.0 cm³/mol. The topological polar surface area (TPSA) is 70.5 Å². The number of hydrogen-bond acceptors (Lipinski definition) is 5. The van der Waals surface area contributed by atoms with Gasteiger partial charge in [0, 0.05) is 0 Å². The van der Waals surface area contributed by atoms with Crippen molar-refractivity contribution in [2.24, 2.45) is 0 Å². The second-order valence-corrected chi connectivity index (χ2v) is 2.79. The largest absolute Gasteiger partial charge is 0.493 e. The van der Waals surface area contributed by atoms with Crippen molar-refractivity contribution in [3.63, 3.8) is 0 Å². The summed E-state index contributed by atoms with van der Waals surface area (Å²) in [5.74, 6) is 1.41. The number of methoxy groups -OCH3 is 1. The van der Waals surface area contributed by atoms with Gasteiger partial charge < -0.3 is 19.6 Å². The molecule has 0 bridgehead atoms. The van der Waals surface area contributed by atoms with Crippen molar-refractivity contribution in [1.82, 2.24) is 4.98 Å². The molecule has 0 aliphatic heterocycles. The zero-order chi connectivity index (χ0) is 10.7. The zero-order valence-electron chi connectivity index (χ0n) is 8.14. The maximum absolute atomic E-state index is 5.39. The van der Waals surface area contributed by atoms with E-state index < -0.39 is 0 Å². The maximum atomic E-state index is 5.39.